The van der Waals surface area contributed by atoms with Crippen molar-refractivity contribution in [1.82, 2.24) is 4.90 Å². The molecule has 0 saturated heterocycles. The van der Waals surface area contributed by atoms with Crippen LogP contribution in [0.5, 0.6) is 0 Å². The summed E-state index contributed by atoms with van der Waals surface area (Å²) in [6, 6.07) is 16.6. The molecule has 1 atom stereocenters. The Kier molecular flexibility index (Phi) is 6.10. The number of amides is 1. The van der Waals surface area contributed by atoms with E-state index in [9.17, 15) is 4.79 Å². The van der Waals surface area contributed by atoms with E-state index in [0.717, 1.165) is 22.4 Å². The first kappa shape index (κ1) is 18.7. The normalized spacial score (nSPS) is 16.5. The van der Waals surface area contributed by atoms with Gasteiger partial charge in [0.2, 0.25) is 5.91 Å². The highest BCUT2D eigenvalue weighted by atomic mass is 16.2. The van der Waals surface area contributed by atoms with Crippen molar-refractivity contribution >= 4 is 11.6 Å². The van der Waals surface area contributed by atoms with Gasteiger partial charge in [-0.25, -0.2) is 0 Å². The van der Waals surface area contributed by atoms with Gasteiger partial charge < -0.3 is 5.32 Å². The molecular formula is C23H30N2O. The number of carbonyl (C=O) groups is 1. The molecule has 3 heteroatoms. The summed E-state index contributed by atoms with van der Waals surface area (Å²) in [6.45, 7) is 4.09. The highest BCUT2D eigenvalue weighted by Gasteiger charge is 2.31. The van der Waals surface area contributed by atoms with Crippen molar-refractivity contribution in [2.75, 3.05) is 12.4 Å². The molecule has 0 heterocycles. The summed E-state index contributed by atoms with van der Waals surface area (Å²) in [4.78, 5) is 15.6. The molecule has 0 radical (unpaired) electrons. The summed E-state index contributed by atoms with van der Waals surface area (Å²) in [7, 11) is 2.11. The molecule has 0 aromatic heterocycles. The van der Waals surface area contributed by atoms with E-state index in [-0.39, 0.29) is 11.9 Å². The minimum Gasteiger partial charge on any atom is -0.324 e. The molecule has 1 saturated carbocycles. The zero-order valence-electron chi connectivity index (χ0n) is 16.2. The van der Waals surface area contributed by atoms with Crippen LogP contribution in [0.15, 0.2) is 48.5 Å². The van der Waals surface area contributed by atoms with Crippen LogP contribution in [-0.2, 0) is 4.79 Å². The van der Waals surface area contributed by atoms with Crippen molar-refractivity contribution in [2.24, 2.45) is 0 Å². The number of nitrogens with one attached hydrogen (secondary N) is 1. The Morgan fingerprint density at radius 3 is 2.42 bits per heavy atom. The van der Waals surface area contributed by atoms with E-state index in [4.69, 9.17) is 0 Å². The first-order chi connectivity index (χ1) is 12.6. The Hall–Kier alpha value is -2.13. The molecule has 138 valence electrons. The Labute approximate surface area is 157 Å². The van der Waals surface area contributed by atoms with Gasteiger partial charge in [-0.15, -0.1) is 0 Å². The molecule has 1 amide bonds. The maximum Gasteiger partial charge on any atom is 0.246 e. The van der Waals surface area contributed by atoms with E-state index >= 15 is 0 Å². The number of hydrogen-bond acceptors (Lipinski definition) is 2. The number of rotatable bonds is 5. The molecule has 3 rings (SSSR count). The zero-order chi connectivity index (χ0) is 18.5. The first-order valence-corrected chi connectivity index (χ1v) is 9.71. The van der Waals surface area contributed by atoms with Crippen LogP contribution in [0.1, 0.15) is 54.8 Å². The van der Waals surface area contributed by atoms with Gasteiger partial charge in [0.25, 0.3) is 0 Å². The molecule has 2 aromatic rings. The molecule has 3 nitrogen and oxygen atoms in total. The van der Waals surface area contributed by atoms with E-state index in [1.165, 1.54) is 32.1 Å². The topological polar surface area (TPSA) is 32.3 Å². The molecule has 1 N–H and O–H groups in total. The highest BCUT2D eigenvalue weighted by Crippen LogP contribution is 2.30. The fourth-order valence-corrected chi connectivity index (χ4v) is 3.98. The van der Waals surface area contributed by atoms with Gasteiger partial charge in [0.15, 0.2) is 0 Å². The second-order valence-electron chi connectivity index (χ2n) is 7.58. The van der Waals surface area contributed by atoms with Crippen LogP contribution >= 0.6 is 0 Å². The molecule has 0 aliphatic heterocycles. The molecule has 1 aliphatic rings. The molecule has 0 bridgehead atoms. The van der Waals surface area contributed by atoms with Gasteiger partial charge in [-0.05, 0) is 56.5 Å². The fraction of sp³-hybridized carbons (Fsp3) is 0.435. The van der Waals surface area contributed by atoms with Gasteiger partial charge in [-0.3, -0.25) is 9.69 Å². The van der Waals surface area contributed by atoms with Crippen LogP contribution in [-0.4, -0.2) is 23.9 Å². The summed E-state index contributed by atoms with van der Waals surface area (Å²) in [6.07, 6.45) is 6.19. The predicted molar refractivity (Wildman–Crippen MR) is 108 cm³/mol. The standard InChI is InChI=1S/C23H30N2O/c1-17-14-15-18(2)21(16-17)24-23(26)22(19-10-6-4-7-11-19)25(3)20-12-8-5-9-13-20/h4,6-7,10-11,14-16,20,22H,5,8-9,12-13H2,1-3H3,(H,24,26). The monoisotopic (exact) mass is 350 g/mol. The summed E-state index contributed by atoms with van der Waals surface area (Å²) in [5.41, 5.74) is 4.22. The average Bonchev–Trinajstić information content (AvgIpc) is 2.66. The smallest absolute Gasteiger partial charge is 0.246 e. The van der Waals surface area contributed by atoms with Crippen LogP contribution in [0, 0.1) is 13.8 Å². The minimum absolute atomic E-state index is 0.0537. The van der Waals surface area contributed by atoms with Crippen molar-refractivity contribution in [2.45, 2.75) is 58.0 Å². The lowest BCUT2D eigenvalue weighted by atomic mass is 9.92. The highest BCUT2D eigenvalue weighted by molar-refractivity contribution is 5.96. The lowest BCUT2D eigenvalue weighted by Crippen LogP contribution is -2.42. The van der Waals surface area contributed by atoms with Gasteiger partial charge in [-0.1, -0.05) is 61.7 Å². The third-order valence-corrected chi connectivity index (χ3v) is 5.57. The quantitative estimate of drug-likeness (QED) is 0.799. The maximum absolute atomic E-state index is 13.3. The Morgan fingerprint density at radius 1 is 1.04 bits per heavy atom. The first-order valence-electron chi connectivity index (χ1n) is 9.71. The third kappa shape index (κ3) is 4.34. The van der Waals surface area contributed by atoms with Gasteiger partial charge in [0.05, 0.1) is 0 Å². The molecule has 26 heavy (non-hydrogen) atoms. The number of benzene rings is 2. The van der Waals surface area contributed by atoms with Gasteiger partial charge >= 0.3 is 0 Å². The van der Waals surface area contributed by atoms with Crippen LogP contribution < -0.4 is 5.32 Å². The lowest BCUT2D eigenvalue weighted by Gasteiger charge is -2.36. The van der Waals surface area contributed by atoms with Crippen molar-refractivity contribution in [3.05, 3.63) is 65.2 Å². The van der Waals surface area contributed by atoms with E-state index < -0.39 is 0 Å². The van der Waals surface area contributed by atoms with Gasteiger partial charge in [0.1, 0.15) is 6.04 Å². The molecule has 1 fully saturated rings. The Bertz CT molecular complexity index is 735. The summed E-state index contributed by atoms with van der Waals surface area (Å²) in [5, 5.41) is 3.19. The Morgan fingerprint density at radius 2 is 1.73 bits per heavy atom. The van der Waals surface area contributed by atoms with Crippen LogP contribution in [0.2, 0.25) is 0 Å². The maximum atomic E-state index is 13.3. The number of anilines is 1. The Balaban J connectivity index is 1.87. The molecule has 0 spiro atoms. The number of nitrogens with zero attached hydrogens (tertiary/aromatic N) is 1. The molecule has 1 aliphatic carbocycles. The average molecular weight is 351 g/mol. The van der Waals surface area contributed by atoms with Gasteiger partial charge in [0, 0.05) is 11.7 Å². The summed E-state index contributed by atoms with van der Waals surface area (Å²) >= 11 is 0. The third-order valence-electron chi connectivity index (χ3n) is 5.57. The summed E-state index contributed by atoms with van der Waals surface area (Å²) < 4.78 is 0. The van der Waals surface area contributed by atoms with Crippen molar-refractivity contribution in [1.29, 1.82) is 0 Å². The second-order valence-corrected chi connectivity index (χ2v) is 7.58. The van der Waals surface area contributed by atoms with E-state index in [1.54, 1.807) is 0 Å². The fourth-order valence-electron chi connectivity index (χ4n) is 3.98. The van der Waals surface area contributed by atoms with E-state index in [1.807, 2.05) is 25.1 Å². The van der Waals surface area contributed by atoms with Gasteiger partial charge in [-0.2, -0.15) is 0 Å². The molecule has 2 aromatic carbocycles. The van der Waals surface area contributed by atoms with Crippen LogP contribution in [0.3, 0.4) is 0 Å². The van der Waals surface area contributed by atoms with Crippen molar-refractivity contribution in [3.8, 4) is 0 Å². The largest absolute Gasteiger partial charge is 0.324 e. The van der Waals surface area contributed by atoms with Crippen molar-refractivity contribution in [3.63, 3.8) is 0 Å². The minimum atomic E-state index is -0.265. The van der Waals surface area contributed by atoms with Crippen molar-refractivity contribution < 1.29 is 4.79 Å². The van der Waals surface area contributed by atoms with E-state index in [2.05, 4.69) is 54.5 Å². The van der Waals surface area contributed by atoms with Crippen LogP contribution in [0.4, 0.5) is 5.69 Å². The second kappa shape index (κ2) is 8.50. The molecular weight excluding hydrogens is 320 g/mol. The van der Waals surface area contributed by atoms with Crippen LogP contribution in [0.25, 0.3) is 0 Å². The molecule has 1 unspecified atom stereocenters. The number of aryl methyl sites for hydroxylation is 2. The number of likely N-dealkylation sites (N-methyl/N-ethyl adjacent to an activating group) is 1. The SMILES string of the molecule is Cc1ccc(C)c(NC(=O)C(c2ccccc2)N(C)C2CCCCC2)c1. The summed E-state index contributed by atoms with van der Waals surface area (Å²) in [5.74, 6) is 0.0537. The van der Waals surface area contributed by atoms with E-state index in [0.29, 0.717) is 6.04 Å². The number of carbonyl (C=O) groups excluding carboxylic acids is 1. The number of hydrogen-bond donors (Lipinski definition) is 1. The predicted octanol–water partition coefficient (Wildman–Crippen LogP) is 5.25. The zero-order valence-corrected chi connectivity index (χ0v) is 16.2. The lowest BCUT2D eigenvalue weighted by molar-refractivity contribution is -0.122.